The molecule has 0 aromatic heterocycles. The predicted octanol–water partition coefficient (Wildman–Crippen LogP) is 16.0. The minimum absolute atomic E-state index is 0.0281. The van der Waals surface area contributed by atoms with E-state index < -0.39 is 45.9 Å². The van der Waals surface area contributed by atoms with E-state index in [9.17, 15) is 29.4 Å². The van der Waals surface area contributed by atoms with Gasteiger partial charge in [0.1, 0.15) is 0 Å². The zero-order valence-corrected chi connectivity index (χ0v) is 49.8. The van der Waals surface area contributed by atoms with Crippen LogP contribution in [0, 0.1) is 125 Å². The number of hydrogen-bond acceptors (Lipinski definition) is 6. The van der Waals surface area contributed by atoms with Gasteiger partial charge in [-0.3, -0.25) is 9.59 Å². The second-order valence-corrected chi connectivity index (χ2v) is 32.7. The number of rotatable bonds is 7. The van der Waals surface area contributed by atoms with E-state index in [1.807, 2.05) is 0 Å². The molecule has 2 unspecified atom stereocenters. The van der Waals surface area contributed by atoms with E-state index in [0.717, 1.165) is 64.2 Å². The molecular weight excluding hydrogens is 921 g/mol. The van der Waals surface area contributed by atoms with Crippen LogP contribution < -0.4 is 0 Å². The Morgan fingerprint density at radius 3 is 1.08 bits per heavy atom. The van der Waals surface area contributed by atoms with Crippen LogP contribution in [0.1, 0.15) is 252 Å². The smallest absolute Gasteiger partial charge is 0.348 e. The molecule has 0 amide bonds. The number of carboxylic acid groups (broad SMARTS) is 2. The van der Waals surface area contributed by atoms with E-state index in [1.54, 1.807) is 0 Å². The lowest BCUT2D eigenvalue weighted by Gasteiger charge is -2.75. The third kappa shape index (κ3) is 6.92. The lowest BCUT2D eigenvalue weighted by molar-refractivity contribution is -0.295. The van der Waals surface area contributed by atoms with Crippen LogP contribution in [0.15, 0.2) is 0 Å². The largest absolute Gasteiger partial charge is 0.478 e. The number of carboxylic acids is 2. The summed E-state index contributed by atoms with van der Waals surface area (Å²) in [5.41, 5.74) is -5.05. The predicted molar refractivity (Wildman–Crippen MR) is 291 cm³/mol. The molecule has 0 radical (unpaired) electrons. The molecule has 0 aromatic carbocycles. The number of fused-ring (bicyclic) bond motifs is 14. The maximum Gasteiger partial charge on any atom is 0.348 e. The summed E-state index contributed by atoms with van der Waals surface area (Å²) in [5, 5.41) is 23.5. The summed E-state index contributed by atoms with van der Waals surface area (Å²) in [4.78, 5) is 58.3. The molecule has 418 valence electrons. The normalized spacial score (nSPS) is 54.9. The van der Waals surface area contributed by atoms with Gasteiger partial charge in [-0.05, 0) is 243 Å². The van der Waals surface area contributed by atoms with Gasteiger partial charge in [-0.1, -0.05) is 111 Å². The molecule has 10 fully saturated rings. The zero-order chi connectivity index (χ0) is 54.2. The van der Waals surface area contributed by atoms with Crippen molar-refractivity contribution in [2.75, 3.05) is 0 Å². The average Bonchev–Trinajstić information content (AvgIpc) is 3.31. The van der Waals surface area contributed by atoms with Crippen molar-refractivity contribution in [2.45, 2.75) is 263 Å². The van der Waals surface area contributed by atoms with Crippen molar-refractivity contribution in [2.24, 2.45) is 125 Å². The molecule has 8 heteroatoms. The Morgan fingerprint density at radius 1 is 0.392 bits per heavy atom. The van der Waals surface area contributed by atoms with E-state index in [-0.39, 0.29) is 81.8 Å². The number of esters is 2. The Kier molecular flexibility index (Phi) is 12.8. The highest BCUT2D eigenvalue weighted by Gasteiger charge is 2.79. The van der Waals surface area contributed by atoms with Crippen LogP contribution in [0.3, 0.4) is 0 Å². The first kappa shape index (κ1) is 55.2. The van der Waals surface area contributed by atoms with Crippen LogP contribution in [-0.4, -0.2) is 45.3 Å². The standard InChI is InChI=1S/C66H106O8/c1-39-23-27-57(9)33-35-59(11)43(51(57)41(39)3)17-19-47-61(59,13)29-25-45-55(5,6)31-37-65(53(69)70,63(45,47)15)73-49(67)21-22-50(68)74-66(54(71)72)38-32-56(7,8)46-26-30-62(14)48(64(46,66)16)20-18-44-52-42(4)40(2)24-28-58(52,10)34-36-60(44,62)12/h39-48,51-52H,17-38H2,1-16H3,(H,69,70)(H,71,72)/t39-,40-,41+,42+,43-,44-,45+,46+,47+,48+,51+,52+,57-,58-,59-,60-,61-,62-,63+,64+,65?,66?/m1/s1. The van der Waals surface area contributed by atoms with Gasteiger partial charge in [0.25, 0.3) is 0 Å². The highest BCUT2D eigenvalue weighted by Crippen LogP contribution is 2.81. The van der Waals surface area contributed by atoms with Crippen molar-refractivity contribution >= 4 is 23.9 Å². The Hall–Kier alpha value is -2.12. The topological polar surface area (TPSA) is 127 Å². The lowest BCUT2D eigenvalue weighted by atomic mass is 9.30. The maximum absolute atomic E-state index is 14.7. The van der Waals surface area contributed by atoms with Crippen molar-refractivity contribution in [3.05, 3.63) is 0 Å². The highest BCUT2D eigenvalue weighted by molar-refractivity contribution is 5.87. The first-order valence-corrected chi connectivity index (χ1v) is 31.1. The molecule has 0 spiro atoms. The molecule has 22 atom stereocenters. The van der Waals surface area contributed by atoms with Gasteiger partial charge < -0.3 is 19.7 Å². The summed E-state index contributed by atoms with van der Waals surface area (Å²) in [6.07, 6.45) is 18.9. The second-order valence-electron chi connectivity index (χ2n) is 32.7. The van der Waals surface area contributed by atoms with Gasteiger partial charge in [0.05, 0.1) is 12.8 Å². The monoisotopic (exact) mass is 1030 g/mol. The Morgan fingerprint density at radius 2 is 0.743 bits per heavy atom. The number of carbonyl (C=O) groups is 4. The van der Waals surface area contributed by atoms with E-state index >= 15 is 0 Å². The third-order valence-electron chi connectivity index (χ3n) is 30.0. The molecular formula is C66H106O8. The van der Waals surface area contributed by atoms with Gasteiger partial charge in [0, 0.05) is 10.8 Å². The molecule has 0 aliphatic heterocycles. The number of carbonyl (C=O) groups excluding carboxylic acids is 2. The summed E-state index contributed by atoms with van der Waals surface area (Å²) in [5.74, 6) is 1.74. The van der Waals surface area contributed by atoms with Gasteiger partial charge in [0.2, 0.25) is 11.2 Å². The van der Waals surface area contributed by atoms with E-state index in [2.05, 4.69) is 111 Å². The molecule has 0 saturated heterocycles. The first-order valence-electron chi connectivity index (χ1n) is 31.1. The van der Waals surface area contributed by atoms with Crippen molar-refractivity contribution < 1.29 is 38.9 Å². The number of ether oxygens (including phenoxy) is 2. The fourth-order valence-corrected chi connectivity index (χ4v) is 25.0. The summed E-state index contributed by atoms with van der Waals surface area (Å²) in [6, 6.07) is 0. The Balaban J connectivity index is 0.924. The molecule has 10 aliphatic carbocycles. The van der Waals surface area contributed by atoms with Crippen molar-refractivity contribution in [3.8, 4) is 0 Å². The van der Waals surface area contributed by atoms with Gasteiger partial charge in [-0.2, -0.15) is 0 Å². The molecule has 0 heterocycles. The van der Waals surface area contributed by atoms with Crippen LogP contribution in [0.2, 0.25) is 0 Å². The van der Waals surface area contributed by atoms with Crippen molar-refractivity contribution in [3.63, 3.8) is 0 Å². The van der Waals surface area contributed by atoms with E-state index in [0.29, 0.717) is 71.0 Å². The van der Waals surface area contributed by atoms with Crippen LogP contribution >= 0.6 is 0 Å². The van der Waals surface area contributed by atoms with Gasteiger partial charge in [0.15, 0.2) is 0 Å². The Labute approximate surface area is 449 Å². The molecule has 8 nitrogen and oxygen atoms in total. The van der Waals surface area contributed by atoms with Crippen LogP contribution in [0.5, 0.6) is 0 Å². The van der Waals surface area contributed by atoms with Gasteiger partial charge in [-0.25, -0.2) is 9.59 Å². The molecule has 10 rings (SSSR count). The van der Waals surface area contributed by atoms with Crippen LogP contribution in [-0.2, 0) is 28.7 Å². The molecule has 10 aliphatic rings. The minimum Gasteiger partial charge on any atom is -0.478 e. The van der Waals surface area contributed by atoms with Gasteiger partial charge in [-0.15, -0.1) is 0 Å². The van der Waals surface area contributed by atoms with E-state index in [4.69, 9.17) is 9.47 Å². The van der Waals surface area contributed by atoms with E-state index in [1.165, 1.54) is 38.5 Å². The fraction of sp³-hybridized carbons (Fsp3) is 0.939. The quantitative estimate of drug-likeness (QED) is 0.241. The summed E-state index contributed by atoms with van der Waals surface area (Å²) in [7, 11) is 0. The van der Waals surface area contributed by atoms with Gasteiger partial charge >= 0.3 is 23.9 Å². The fourth-order valence-electron chi connectivity index (χ4n) is 25.0. The number of aliphatic carboxylic acids is 2. The third-order valence-corrected chi connectivity index (χ3v) is 30.0. The summed E-state index contributed by atoms with van der Waals surface area (Å²) in [6.45, 7) is 38.9. The Bertz CT molecular complexity index is 2130. The highest BCUT2D eigenvalue weighted by atomic mass is 16.6. The summed E-state index contributed by atoms with van der Waals surface area (Å²) < 4.78 is 13.4. The lowest BCUT2D eigenvalue weighted by Crippen LogP contribution is -2.74. The maximum atomic E-state index is 14.7. The van der Waals surface area contributed by atoms with Crippen LogP contribution in [0.25, 0.3) is 0 Å². The minimum atomic E-state index is -1.76. The zero-order valence-electron chi connectivity index (χ0n) is 49.8. The molecule has 2 N–H and O–H groups in total. The first-order chi connectivity index (χ1) is 34.2. The molecule has 0 aromatic rings. The van der Waals surface area contributed by atoms with Crippen molar-refractivity contribution in [1.29, 1.82) is 0 Å². The molecule has 0 bridgehead atoms. The summed E-state index contributed by atoms with van der Waals surface area (Å²) >= 11 is 0. The second kappa shape index (κ2) is 17.2. The molecule has 10 saturated carbocycles. The van der Waals surface area contributed by atoms with Crippen LogP contribution in [0.4, 0.5) is 0 Å². The van der Waals surface area contributed by atoms with Crippen molar-refractivity contribution in [1.82, 2.24) is 0 Å². The average molecular weight is 1030 g/mol. The number of hydrogen-bond donors (Lipinski definition) is 2. The SMILES string of the molecule is C[C@@H]1[C@H]2[C@H]3CC[C@@H]4[C@]5(C)[C@@H](CC[C@@]4(C)[C@]3(C)CC[C@@]2(C)CC[C@H]1C)C(C)(C)CCC5(OC(=O)CCC(=O)OC1(C(=O)O)CCC(C)(C)[C@@H]2CC[C@]3(C)[C@H](CC[C@@H]4[C@@H]5[C@@H](C)[C@H](C)CC[C@]5(C)CC[C@]43C)[C@]21C)C(=O)O. The molecule has 74 heavy (non-hydrogen) atoms.